The quantitative estimate of drug-likeness (QED) is 0.575. The van der Waals surface area contributed by atoms with Crippen LogP contribution in [0.3, 0.4) is 0 Å². The van der Waals surface area contributed by atoms with Crippen LogP contribution in [0, 0.1) is 0 Å². The molecule has 0 bridgehead atoms. The van der Waals surface area contributed by atoms with Crippen LogP contribution < -0.4 is 9.05 Å². The molecule has 1 heterocycles. The topological polar surface area (TPSA) is 44.8 Å². The molecule has 0 saturated carbocycles. The molecule has 0 atom stereocenters. The number of phosphoric ester groups is 1. The van der Waals surface area contributed by atoms with Crippen molar-refractivity contribution < 1.29 is 18.1 Å². The molecule has 0 aliphatic carbocycles. The number of benzene rings is 2. The monoisotopic (exact) mass is 316 g/mol. The van der Waals surface area contributed by atoms with Crippen LogP contribution in [0.2, 0.25) is 0 Å². The lowest BCUT2D eigenvalue weighted by Gasteiger charge is -2.16. The fraction of sp³-hybridized carbons (Fsp3) is 0.176. The summed E-state index contributed by atoms with van der Waals surface area (Å²) in [6, 6.07) is 14.8. The molecule has 0 aromatic heterocycles. The molecule has 2 aromatic carbocycles. The van der Waals surface area contributed by atoms with E-state index >= 15 is 0 Å². The Morgan fingerprint density at radius 3 is 2.00 bits per heavy atom. The summed E-state index contributed by atoms with van der Waals surface area (Å²) in [7, 11) is -3.72. The van der Waals surface area contributed by atoms with Crippen LogP contribution in [0.25, 0.3) is 11.1 Å². The first-order valence-corrected chi connectivity index (χ1v) is 8.49. The van der Waals surface area contributed by atoms with E-state index < -0.39 is 7.82 Å². The van der Waals surface area contributed by atoms with E-state index in [1.807, 2.05) is 56.3 Å². The van der Waals surface area contributed by atoms with Crippen molar-refractivity contribution in [3.05, 3.63) is 60.2 Å². The molecule has 0 fully saturated rings. The summed E-state index contributed by atoms with van der Waals surface area (Å²) < 4.78 is 29.5. The van der Waals surface area contributed by atoms with E-state index in [-0.39, 0.29) is 6.61 Å². The summed E-state index contributed by atoms with van der Waals surface area (Å²) in [5, 5.41) is 0. The Labute approximate surface area is 130 Å². The van der Waals surface area contributed by atoms with Gasteiger partial charge < -0.3 is 9.05 Å². The van der Waals surface area contributed by atoms with Crippen LogP contribution in [0.5, 0.6) is 11.5 Å². The van der Waals surface area contributed by atoms with Crippen molar-refractivity contribution in [2.75, 3.05) is 6.61 Å². The highest BCUT2D eigenvalue weighted by molar-refractivity contribution is 7.49. The number of hydrogen-bond donors (Lipinski definition) is 0. The maximum atomic E-state index is 12.9. The Balaban J connectivity index is 2.02. The van der Waals surface area contributed by atoms with Gasteiger partial charge in [-0.05, 0) is 26.0 Å². The first-order chi connectivity index (χ1) is 10.6. The third kappa shape index (κ3) is 3.08. The van der Waals surface area contributed by atoms with Gasteiger partial charge in [-0.25, -0.2) is 4.57 Å². The van der Waals surface area contributed by atoms with Crippen molar-refractivity contribution in [3.8, 4) is 22.6 Å². The third-order valence-corrected chi connectivity index (χ3v) is 4.51. The van der Waals surface area contributed by atoms with E-state index in [2.05, 4.69) is 0 Å². The molecular weight excluding hydrogens is 299 g/mol. The molecule has 3 rings (SSSR count). The highest BCUT2D eigenvalue weighted by Crippen LogP contribution is 2.56. The lowest BCUT2D eigenvalue weighted by atomic mass is 10.0. The molecule has 22 heavy (non-hydrogen) atoms. The van der Waals surface area contributed by atoms with Gasteiger partial charge in [0.1, 0.15) is 11.5 Å². The lowest BCUT2D eigenvalue weighted by molar-refractivity contribution is 0.231. The molecular formula is C17H17O4P. The van der Waals surface area contributed by atoms with Gasteiger partial charge in [0.15, 0.2) is 0 Å². The molecule has 0 saturated heterocycles. The zero-order valence-corrected chi connectivity index (χ0v) is 13.4. The molecule has 0 amide bonds. The maximum Gasteiger partial charge on any atom is 0.587 e. The molecule has 1 aliphatic heterocycles. The minimum absolute atomic E-state index is 0.171. The molecule has 0 spiro atoms. The Morgan fingerprint density at radius 1 is 1.00 bits per heavy atom. The fourth-order valence-corrected chi connectivity index (χ4v) is 3.34. The van der Waals surface area contributed by atoms with Crippen molar-refractivity contribution in [2.24, 2.45) is 0 Å². The van der Waals surface area contributed by atoms with E-state index in [0.717, 1.165) is 16.7 Å². The van der Waals surface area contributed by atoms with Crippen LogP contribution in [0.15, 0.2) is 60.2 Å². The van der Waals surface area contributed by atoms with Crippen LogP contribution in [0.4, 0.5) is 0 Å². The summed E-state index contributed by atoms with van der Waals surface area (Å²) in [5.74, 6) is 0.987. The largest absolute Gasteiger partial charge is 0.587 e. The lowest BCUT2D eigenvalue weighted by Crippen LogP contribution is -2.04. The zero-order chi connectivity index (χ0) is 15.6. The summed E-state index contributed by atoms with van der Waals surface area (Å²) in [6.07, 6.45) is 1.83. The predicted octanol–water partition coefficient (Wildman–Crippen LogP) is 5.22. The number of fused-ring (bicyclic) bond motifs is 3. The standard InChI is InChI=1S/C17H17O4P/c1-13(2)11-12-19-22(18)20-16-9-5-3-7-14(16)15-8-4-6-10-17(15)21-22/h3-11H,12H2,1-2H3. The number of hydrogen-bond acceptors (Lipinski definition) is 4. The van der Waals surface area contributed by atoms with Crippen molar-refractivity contribution in [3.63, 3.8) is 0 Å². The average Bonchev–Trinajstić information content (AvgIpc) is 2.60. The highest BCUT2D eigenvalue weighted by Gasteiger charge is 2.35. The Hall–Kier alpha value is -2.03. The van der Waals surface area contributed by atoms with E-state index in [1.165, 1.54) is 0 Å². The maximum absolute atomic E-state index is 12.9. The minimum atomic E-state index is -3.72. The predicted molar refractivity (Wildman–Crippen MR) is 86.1 cm³/mol. The van der Waals surface area contributed by atoms with Crippen LogP contribution in [0.1, 0.15) is 13.8 Å². The number of para-hydroxylation sites is 2. The smallest absolute Gasteiger partial charge is 0.394 e. The molecule has 4 nitrogen and oxygen atoms in total. The summed E-state index contributed by atoms with van der Waals surface area (Å²) in [5.41, 5.74) is 2.74. The summed E-state index contributed by atoms with van der Waals surface area (Å²) in [6.45, 7) is 4.06. The molecule has 2 aromatic rings. The van der Waals surface area contributed by atoms with Crippen LogP contribution >= 0.6 is 7.82 Å². The Bertz CT molecular complexity index is 711. The molecule has 0 unspecified atom stereocenters. The summed E-state index contributed by atoms with van der Waals surface area (Å²) in [4.78, 5) is 0. The normalized spacial score (nSPS) is 14.6. The van der Waals surface area contributed by atoms with E-state index in [9.17, 15) is 4.57 Å². The Kier molecular flexibility index (Phi) is 4.06. The van der Waals surface area contributed by atoms with Gasteiger partial charge in [0.25, 0.3) is 0 Å². The van der Waals surface area contributed by atoms with Gasteiger partial charge in [-0.1, -0.05) is 48.0 Å². The molecule has 0 N–H and O–H groups in total. The number of allylic oxidation sites excluding steroid dienone is 1. The van der Waals surface area contributed by atoms with Crippen molar-refractivity contribution in [1.29, 1.82) is 0 Å². The first kappa shape index (κ1) is 14.9. The van der Waals surface area contributed by atoms with E-state index in [1.54, 1.807) is 12.1 Å². The van der Waals surface area contributed by atoms with Gasteiger partial charge in [0.2, 0.25) is 0 Å². The first-order valence-electron chi connectivity index (χ1n) is 7.03. The van der Waals surface area contributed by atoms with Gasteiger partial charge >= 0.3 is 7.82 Å². The van der Waals surface area contributed by atoms with Gasteiger partial charge in [-0.3, -0.25) is 4.52 Å². The third-order valence-electron chi connectivity index (χ3n) is 3.21. The molecule has 5 heteroatoms. The van der Waals surface area contributed by atoms with Crippen LogP contribution in [-0.4, -0.2) is 6.61 Å². The molecule has 1 aliphatic rings. The van der Waals surface area contributed by atoms with Crippen LogP contribution in [-0.2, 0) is 9.09 Å². The van der Waals surface area contributed by atoms with E-state index in [0.29, 0.717) is 11.5 Å². The van der Waals surface area contributed by atoms with Gasteiger partial charge in [-0.2, -0.15) is 0 Å². The molecule has 114 valence electrons. The van der Waals surface area contributed by atoms with Gasteiger partial charge in [0.05, 0.1) is 6.61 Å². The van der Waals surface area contributed by atoms with Crippen molar-refractivity contribution in [2.45, 2.75) is 13.8 Å². The zero-order valence-electron chi connectivity index (χ0n) is 12.5. The van der Waals surface area contributed by atoms with Gasteiger partial charge in [0, 0.05) is 11.1 Å². The number of phosphoric acid groups is 1. The fourth-order valence-electron chi connectivity index (χ4n) is 2.14. The summed E-state index contributed by atoms with van der Waals surface area (Å²) >= 11 is 0. The average molecular weight is 316 g/mol. The second-order valence-corrected chi connectivity index (χ2v) is 6.72. The van der Waals surface area contributed by atoms with E-state index in [4.69, 9.17) is 13.6 Å². The minimum Gasteiger partial charge on any atom is -0.394 e. The second-order valence-electron chi connectivity index (χ2n) is 5.20. The highest BCUT2D eigenvalue weighted by atomic mass is 31.2. The second kappa shape index (κ2) is 5.99. The SMILES string of the molecule is CC(C)=CCOP1(=O)Oc2ccccc2-c2ccccc2O1. The molecule has 0 radical (unpaired) electrons. The Morgan fingerprint density at radius 2 is 1.50 bits per heavy atom. The van der Waals surface area contributed by atoms with Crippen molar-refractivity contribution >= 4 is 7.82 Å². The van der Waals surface area contributed by atoms with Gasteiger partial charge in [-0.15, -0.1) is 0 Å². The van der Waals surface area contributed by atoms with Crippen molar-refractivity contribution in [1.82, 2.24) is 0 Å². The number of rotatable bonds is 3.